The van der Waals surface area contributed by atoms with Gasteiger partial charge in [0.1, 0.15) is 0 Å². The number of aliphatic hydroxyl groups is 1. The molecular weight excluding hydrogens is 440 g/mol. The van der Waals surface area contributed by atoms with Gasteiger partial charge in [-0.15, -0.1) is 0 Å². The summed E-state index contributed by atoms with van der Waals surface area (Å²) in [7, 11) is 2.11. The average Bonchev–Trinajstić information content (AvgIpc) is 2.86. The topological polar surface area (TPSA) is 71.0 Å². The predicted octanol–water partition coefficient (Wildman–Crippen LogP) is 5.06. The molecule has 1 aliphatic heterocycles. The molecule has 3 aromatic rings. The Bertz CT molecular complexity index is 1090. The van der Waals surface area contributed by atoms with Crippen LogP contribution in [0.4, 0.5) is 5.69 Å². The number of nitrogens with zero attached hydrogens (tertiary/aromatic N) is 1. The maximum Gasteiger partial charge on any atom is 0.221 e. The summed E-state index contributed by atoms with van der Waals surface area (Å²) in [5, 5.41) is 12.2. The van der Waals surface area contributed by atoms with Gasteiger partial charge in [-0.2, -0.15) is 0 Å². The van der Waals surface area contributed by atoms with Crippen molar-refractivity contribution in [3.63, 3.8) is 0 Å². The number of aliphatic hydroxyl groups excluding tert-OH is 1. The lowest BCUT2D eigenvalue weighted by Gasteiger charge is -2.42. The number of amides is 1. The van der Waals surface area contributed by atoms with Crippen molar-refractivity contribution >= 4 is 11.6 Å². The molecule has 2 N–H and O–H groups in total. The van der Waals surface area contributed by atoms with Gasteiger partial charge in [0.2, 0.25) is 5.91 Å². The van der Waals surface area contributed by atoms with E-state index >= 15 is 0 Å². The van der Waals surface area contributed by atoms with Crippen LogP contribution < -0.4 is 5.32 Å². The van der Waals surface area contributed by atoms with Crippen LogP contribution in [-0.2, 0) is 27.4 Å². The highest BCUT2D eigenvalue weighted by atomic mass is 16.7. The molecule has 1 amide bonds. The third kappa shape index (κ3) is 6.55. The standard InChI is InChI=1S/C29H34N2O4/c1-20-27(18-31(3)17-22-7-5-4-6-8-22)34-29(25-13-15-26(16-14-25)30-21(2)33)35-28(20)24-11-9-23(19-32)10-12-24/h4-16,20,27-29,32H,17-19H2,1-3H3,(H,30,33)/t20-,27+,28+,29+/m1/s1. The number of carbonyl (C=O) groups is 1. The van der Waals surface area contributed by atoms with Crippen LogP contribution in [0, 0.1) is 5.92 Å². The van der Waals surface area contributed by atoms with Crippen molar-refractivity contribution in [2.45, 2.75) is 45.5 Å². The van der Waals surface area contributed by atoms with Crippen LogP contribution >= 0.6 is 0 Å². The zero-order valence-electron chi connectivity index (χ0n) is 20.6. The highest BCUT2D eigenvalue weighted by molar-refractivity contribution is 5.88. The van der Waals surface area contributed by atoms with Crippen molar-refractivity contribution in [1.82, 2.24) is 4.90 Å². The van der Waals surface area contributed by atoms with Gasteiger partial charge in [0.25, 0.3) is 0 Å². The van der Waals surface area contributed by atoms with Crippen LogP contribution in [-0.4, -0.2) is 35.6 Å². The smallest absolute Gasteiger partial charge is 0.221 e. The Balaban J connectivity index is 1.56. The lowest BCUT2D eigenvalue weighted by atomic mass is 9.90. The van der Waals surface area contributed by atoms with Crippen LogP contribution in [0.3, 0.4) is 0 Å². The van der Waals surface area contributed by atoms with E-state index in [9.17, 15) is 9.90 Å². The largest absolute Gasteiger partial charge is 0.392 e. The quantitative estimate of drug-likeness (QED) is 0.478. The number of likely N-dealkylation sites (N-methyl/N-ethyl adjacent to an activating group) is 1. The first kappa shape index (κ1) is 25.1. The second-order valence-corrected chi connectivity index (χ2v) is 9.31. The average molecular weight is 475 g/mol. The lowest BCUT2D eigenvalue weighted by Crippen LogP contribution is -2.43. The van der Waals surface area contributed by atoms with E-state index in [-0.39, 0.29) is 30.6 Å². The third-order valence-electron chi connectivity index (χ3n) is 6.41. The van der Waals surface area contributed by atoms with E-state index < -0.39 is 6.29 Å². The van der Waals surface area contributed by atoms with Gasteiger partial charge in [-0.25, -0.2) is 0 Å². The summed E-state index contributed by atoms with van der Waals surface area (Å²) in [5.74, 6) is 0.00718. The van der Waals surface area contributed by atoms with Crippen molar-refractivity contribution in [1.29, 1.82) is 0 Å². The number of benzene rings is 3. The molecule has 3 aromatic carbocycles. The number of hydrogen-bond acceptors (Lipinski definition) is 5. The number of carbonyl (C=O) groups excluding carboxylic acids is 1. The molecule has 184 valence electrons. The summed E-state index contributed by atoms with van der Waals surface area (Å²) in [6, 6.07) is 25.9. The molecule has 0 unspecified atom stereocenters. The first-order valence-corrected chi connectivity index (χ1v) is 12.0. The molecule has 0 bridgehead atoms. The first-order valence-electron chi connectivity index (χ1n) is 12.0. The Labute approximate surface area is 207 Å². The Hall–Kier alpha value is -3.03. The summed E-state index contributed by atoms with van der Waals surface area (Å²) >= 11 is 0. The fourth-order valence-electron chi connectivity index (χ4n) is 4.52. The Morgan fingerprint density at radius 2 is 1.57 bits per heavy atom. The number of rotatable bonds is 8. The SMILES string of the molecule is CC(=O)Nc1ccc([C@H]2O[C@@H](CN(C)Cc3ccccc3)[C@@H](C)[C@@H](c3ccc(CO)cc3)O2)cc1. The predicted molar refractivity (Wildman–Crippen MR) is 136 cm³/mol. The zero-order valence-corrected chi connectivity index (χ0v) is 20.6. The van der Waals surface area contributed by atoms with E-state index in [4.69, 9.17) is 9.47 Å². The Kier molecular flexibility index (Phi) is 8.31. The highest BCUT2D eigenvalue weighted by Crippen LogP contribution is 2.42. The van der Waals surface area contributed by atoms with Gasteiger partial charge >= 0.3 is 0 Å². The normalized spacial score (nSPS) is 22.2. The minimum absolute atomic E-state index is 0.0145. The van der Waals surface area contributed by atoms with Crippen LogP contribution in [0.5, 0.6) is 0 Å². The molecule has 0 spiro atoms. The van der Waals surface area contributed by atoms with Crippen molar-refractivity contribution in [3.05, 3.63) is 101 Å². The van der Waals surface area contributed by atoms with E-state index in [1.165, 1.54) is 12.5 Å². The summed E-state index contributed by atoms with van der Waals surface area (Å²) in [6.45, 7) is 5.26. The number of nitrogens with one attached hydrogen (secondary N) is 1. The van der Waals surface area contributed by atoms with Crippen LogP contribution in [0.2, 0.25) is 0 Å². The summed E-state index contributed by atoms with van der Waals surface area (Å²) in [4.78, 5) is 13.7. The second-order valence-electron chi connectivity index (χ2n) is 9.31. The van der Waals surface area contributed by atoms with Gasteiger partial charge in [0, 0.05) is 37.2 Å². The first-order chi connectivity index (χ1) is 16.9. The molecule has 0 radical (unpaired) electrons. The van der Waals surface area contributed by atoms with Gasteiger partial charge in [-0.3, -0.25) is 9.69 Å². The van der Waals surface area contributed by atoms with Gasteiger partial charge in [0.15, 0.2) is 6.29 Å². The van der Waals surface area contributed by atoms with Crippen molar-refractivity contribution < 1.29 is 19.4 Å². The fourth-order valence-corrected chi connectivity index (χ4v) is 4.52. The Morgan fingerprint density at radius 1 is 0.914 bits per heavy atom. The van der Waals surface area contributed by atoms with Crippen LogP contribution in [0.15, 0.2) is 78.9 Å². The molecule has 6 nitrogen and oxygen atoms in total. The van der Waals surface area contributed by atoms with E-state index in [0.29, 0.717) is 0 Å². The maximum absolute atomic E-state index is 11.4. The molecule has 35 heavy (non-hydrogen) atoms. The molecule has 0 aromatic heterocycles. The summed E-state index contributed by atoms with van der Waals surface area (Å²) in [5.41, 5.74) is 4.83. The number of anilines is 1. The van der Waals surface area contributed by atoms with Gasteiger partial charge < -0.3 is 19.9 Å². The Morgan fingerprint density at radius 3 is 2.20 bits per heavy atom. The fraction of sp³-hybridized carbons (Fsp3) is 0.345. The second kappa shape index (κ2) is 11.6. The van der Waals surface area contributed by atoms with Crippen LogP contribution in [0.1, 0.15) is 48.5 Å². The monoisotopic (exact) mass is 474 g/mol. The van der Waals surface area contributed by atoms with Gasteiger partial charge in [0.05, 0.1) is 18.8 Å². The van der Waals surface area contributed by atoms with E-state index in [1.54, 1.807) is 0 Å². The molecule has 4 rings (SSSR count). The molecule has 0 saturated carbocycles. The third-order valence-corrected chi connectivity index (χ3v) is 6.41. The number of ether oxygens (including phenoxy) is 2. The van der Waals surface area contributed by atoms with E-state index in [0.717, 1.165) is 35.5 Å². The molecule has 6 heteroatoms. The molecule has 0 aliphatic carbocycles. The minimum atomic E-state index is -0.532. The van der Waals surface area contributed by atoms with Crippen molar-refractivity contribution in [2.24, 2.45) is 5.92 Å². The molecule has 4 atom stereocenters. The highest BCUT2D eigenvalue weighted by Gasteiger charge is 2.38. The van der Waals surface area contributed by atoms with Crippen LogP contribution in [0.25, 0.3) is 0 Å². The summed E-state index contributed by atoms with van der Waals surface area (Å²) in [6.07, 6.45) is -0.748. The van der Waals surface area contributed by atoms with Gasteiger partial charge in [-0.05, 0) is 35.9 Å². The summed E-state index contributed by atoms with van der Waals surface area (Å²) < 4.78 is 13.0. The van der Waals surface area contributed by atoms with E-state index in [1.807, 2.05) is 54.6 Å². The lowest BCUT2D eigenvalue weighted by molar-refractivity contribution is -0.276. The molecule has 1 aliphatic rings. The van der Waals surface area contributed by atoms with Crippen molar-refractivity contribution in [2.75, 3.05) is 18.9 Å². The minimum Gasteiger partial charge on any atom is -0.392 e. The van der Waals surface area contributed by atoms with Crippen molar-refractivity contribution in [3.8, 4) is 0 Å². The van der Waals surface area contributed by atoms with Gasteiger partial charge in [-0.1, -0.05) is 73.7 Å². The zero-order chi connectivity index (χ0) is 24.8. The maximum atomic E-state index is 11.4. The molecule has 1 heterocycles. The van der Waals surface area contributed by atoms with E-state index in [2.05, 4.69) is 48.5 Å². The number of hydrogen-bond donors (Lipinski definition) is 2. The molecule has 1 saturated heterocycles. The molecular formula is C29H34N2O4. The molecule has 1 fully saturated rings.